The standard InChI is InChI=1S/C27H33F3N2O2/c1-3-22-19(13-21(29)14-25(22)30)17-34-26-8-11-32(27(33)16-31-9-4-5-10-31)15-24(26)23-7-6-20(28)12-18(23)2/h6-7,12-14,24,26H,3-5,8-11,15-17H2,1-2H3. The minimum Gasteiger partial charge on any atom is -0.373 e. The van der Waals surface area contributed by atoms with Gasteiger partial charge in [-0.2, -0.15) is 0 Å². The molecule has 0 spiro atoms. The lowest BCUT2D eigenvalue weighted by atomic mass is 9.85. The highest BCUT2D eigenvalue weighted by Gasteiger charge is 2.35. The third kappa shape index (κ3) is 5.63. The SMILES string of the molecule is CCc1c(F)cc(F)cc1COC1CCN(C(=O)CN2CCCC2)CC1c1ccc(F)cc1C. The number of halogens is 3. The number of piperidine rings is 1. The van der Waals surface area contributed by atoms with E-state index in [1.165, 1.54) is 18.2 Å². The quantitative estimate of drug-likeness (QED) is 0.568. The van der Waals surface area contributed by atoms with Crippen molar-refractivity contribution in [1.29, 1.82) is 0 Å². The summed E-state index contributed by atoms with van der Waals surface area (Å²) in [5, 5.41) is 0. The molecule has 0 aliphatic carbocycles. The molecule has 2 aromatic carbocycles. The largest absolute Gasteiger partial charge is 0.373 e. The van der Waals surface area contributed by atoms with Crippen molar-refractivity contribution < 1.29 is 22.7 Å². The molecule has 1 amide bonds. The van der Waals surface area contributed by atoms with Gasteiger partial charge in [-0.3, -0.25) is 9.69 Å². The Kier molecular flexibility index (Phi) is 7.94. The second-order valence-electron chi connectivity index (χ2n) is 9.45. The zero-order valence-corrected chi connectivity index (χ0v) is 20.0. The number of nitrogens with zero attached hydrogens (tertiary/aromatic N) is 2. The monoisotopic (exact) mass is 474 g/mol. The molecule has 0 N–H and O–H groups in total. The first-order valence-corrected chi connectivity index (χ1v) is 12.2. The number of ether oxygens (including phenoxy) is 1. The fourth-order valence-electron chi connectivity index (χ4n) is 5.32. The molecule has 0 aromatic heterocycles. The van der Waals surface area contributed by atoms with Crippen LogP contribution >= 0.6 is 0 Å². The van der Waals surface area contributed by atoms with Gasteiger partial charge >= 0.3 is 0 Å². The molecule has 2 aliphatic heterocycles. The van der Waals surface area contributed by atoms with E-state index in [9.17, 15) is 18.0 Å². The van der Waals surface area contributed by atoms with Gasteiger partial charge in [0.05, 0.1) is 19.3 Å². The normalized spacial score (nSPS) is 21.3. The Morgan fingerprint density at radius 2 is 1.82 bits per heavy atom. The van der Waals surface area contributed by atoms with Crippen LogP contribution in [0.3, 0.4) is 0 Å². The summed E-state index contributed by atoms with van der Waals surface area (Å²) in [6.45, 7) is 7.14. The average molecular weight is 475 g/mol. The van der Waals surface area contributed by atoms with E-state index in [2.05, 4.69) is 4.90 Å². The Hall–Kier alpha value is -2.38. The average Bonchev–Trinajstić information content (AvgIpc) is 3.30. The zero-order valence-electron chi connectivity index (χ0n) is 20.0. The van der Waals surface area contributed by atoms with Crippen molar-refractivity contribution in [1.82, 2.24) is 9.80 Å². The molecule has 2 saturated heterocycles. The minimum atomic E-state index is -0.624. The van der Waals surface area contributed by atoms with Gasteiger partial charge in [-0.05, 0) is 86.1 Å². The van der Waals surface area contributed by atoms with Gasteiger partial charge in [0.25, 0.3) is 0 Å². The first-order chi connectivity index (χ1) is 16.4. The topological polar surface area (TPSA) is 32.8 Å². The van der Waals surface area contributed by atoms with Crippen molar-refractivity contribution in [2.45, 2.75) is 58.2 Å². The molecule has 2 aliphatic rings. The van der Waals surface area contributed by atoms with E-state index >= 15 is 0 Å². The van der Waals surface area contributed by atoms with Gasteiger partial charge in [0, 0.05) is 25.1 Å². The van der Waals surface area contributed by atoms with Crippen LogP contribution in [0.1, 0.15) is 54.4 Å². The lowest BCUT2D eigenvalue weighted by molar-refractivity contribution is -0.135. The van der Waals surface area contributed by atoms with Crippen molar-refractivity contribution in [3.8, 4) is 0 Å². The number of benzene rings is 2. The molecular formula is C27H33F3N2O2. The fourth-order valence-corrected chi connectivity index (χ4v) is 5.32. The number of carbonyl (C=O) groups is 1. The molecule has 184 valence electrons. The predicted molar refractivity (Wildman–Crippen MR) is 125 cm³/mol. The summed E-state index contributed by atoms with van der Waals surface area (Å²) < 4.78 is 48.2. The van der Waals surface area contributed by atoms with E-state index in [1.807, 2.05) is 18.7 Å². The summed E-state index contributed by atoms with van der Waals surface area (Å²) in [5.74, 6) is -1.54. The molecule has 0 saturated carbocycles. The molecule has 2 atom stereocenters. The summed E-state index contributed by atoms with van der Waals surface area (Å²) in [6, 6.07) is 6.92. The Bertz CT molecular complexity index is 1020. The minimum absolute atomic E-state index is 0.0843. The van der Waals surface area contributed by atoms with E-state index in [1.54, 1.807) is 6.07 Å². The second kappa shape index (κ2) is 10.9. The van der Waals surface area contributed by atoms with Gasteiger partial charge in [-0.1, -0.05) is 13.0 Å². The second-order valence-corrected chi connectivity index (χ2v) is 9.45. The molecule has 7 heteroatoms. The highest BCUT2D eigenvalue weighted by Crippen LogP contribution is 2.33. The van der Waals surface area contributed by atoms with Crippen LogP contribution in [0.4, 0.5) is 13.2 Å². The van der Waals surface area contributed by atoms with Crippen LogP contribution in [-0.2, 0) is 22.6 Å². The molecule has 2 fully saturated rings. The number of carbonyl (C=O) groups excluding carboxylic acids is 1. The van der Waals surface area contributed by atoms with E-state index in [4.69, 9.17) is 4.74 Å². The van der Waals surface area contributed by atoms with Gasteiger partial charge in [0.15, 0.2) is 0 Å². The highest BCUT2D eigenvalue weighted by molar-refractivity contribution is 5.78. The third-order valence-electron chi connectivity index (χ3n) is 7.15. The number of aryl methyl sites for hydroxylation is 1. The lowest BCUT2D eigenvalue weighted by Gasteiger charge is -2.40. The summed E-state index contributed by atoms with van der Waals surface area (Å²) in [4.78, 5) is 17.1. The van der Waals surface area contributed by atoms with Crippen molar-refractivity contribution in [3.63, 3.8) is 0 Å². The van der Waals surface area contributed by atoms with Gasteiger partial charge in [0.1, 0.15) is 17.5 Å². The van der Waals surface area contributed by atoms with Crippen LogP contribution in [0.15, 0.2) is 30.3 Å². The summed E-state index contributed by atoms with van der Waals surface area (Å²) >= 11 is 0. The Morgan fingerprint density at radius 3 is 2.53 bits per heavy atom. The van der Waals surface area contributed by atoms with Crippen LogP contribution in [0.5, 0.6) is 0 Å². The van der Waals surface area contributed by atoms with Gasteiger partial charge in [0.2, 0.25) is 5.91 Å². The van der Waals surface area contributed by atoms with Crippen LogP contribution in [-0.4, -0.2) is 54.5 Å². The van der Waals surface area contributed by atoms with Crippen molar-refractivity contribution >= 4 is 5.91 Å². The van der Waals surface area contributed by atoms with Gasteiger partial charge in [-0.15, -0.1) is 0 Å². The maximum Gasteiger partial charge on any atom is 0.236 e. The number of rotatable bonds is 7. The van der Waals surface area contributed by atoms with Crippen molar-refractivity contribution in [2.24, 2.45) is 0 Å². The lowest BCUT2D eigenvalue weighted by Crippen LogP contribution is -2.48. The molecule has 0 radical (unpaired) electrons. The number of hydrogen-bond acceptors (Lipinski definition) is 3. The van der Waals surface area contributed by atoms with E-state index < -0.39 is 11.6 Å². The Balaban J connectivity index is 1.53. The van der Waals surface area contributed by atoms with Crippen LogP contribution in [0.25, 0.3) is 0 Å². The van der Waals surface area contributed by atoms with Gasteiger partial charge < -0.3 is 9.64 Å². The Morgan fingerprint density at radius 1 is 1.06 bits per heavy atom. The maximum atomic E-state index is 14.2. The number of hydrogen-bond donors (Lipinski definition) is 0. The van der Waals surface area contributed by atoms with Crippen molar-refractivity contribution in [2.75, 3.05) is 32.7 Å². The summed E-state index contributed by atoms with van der Waals surface area (Å²) in [5.41, 5.74) is 2.70. The number of amides is 1. The molecule has 2 unspecified atom stereocenters. The van der Waals surface area contributed by atoms with Gasteiger partial charge in [-0.25, -0.2) is 13.2 Å². The molecular weight excluding hydrogens is 441 g/mol. The van der Waals surface area contributed by atoms with Crippen LogP contribution in [0.2, 0.25) is 0 Å². The first kappa shape index (κ1) is 24.7. The van der Waals surface area contributed by atoms with E-state index in [0.29, 0.717) is 43.6 Å². The molecule has 34 heavy (non-hydrogen) atoms. The molecule has 4 nitrogen and oxygen atoms in total. The molecule has 2 heterocycles. The van der Waals surface area contributed by atoms with E-state index in [-0.39, 0.29) is 30.4 Å². The fraction of sp³-hybridized carbons (Fsp3) is 0.519. The van der Waals surface area contributed by atoms with E-state index in [0.717, 1.165) is 43.1 Å². The first-order valence-electron chi connectivity index (χ1n) is 12.2. The smallest absolute Gasteiger partial charge is 0.236 e. The Labute approximate surface area is 199 Å². The predicted octanol–water partition coefficient (Wildman–Crippen LogP) is 4.97. The molecule has 0 bridgehead atoms. The number of likely N-dealkylation sites (tertiary alicyclic amines) is 2. The van der Waals surface area contributed by atoms with Crippen LogP contribution in [0, 0.1) is 24.4 Å². The zero-order chi connectivity index (χ0) is 24.2. The highest BCUT2D eigenvalue weighted by atomic mass is 19.1. The third-order valence-corrected chi connectivity index (χ3v) is 7.15. The summed E-state index contributed by atoms with van der Waals surface area (Å²) in [7, 11) is 0. The maximum absolute atomic E-state index is 14.2. The molecule has 2 aromatic rings. The van der Waals surface area contributed by atoms with Crippen molar-refractivity contribution in [3.05, 3.63) is 70.0 Å². The summed E-state index contributed by atoms with van der Waals surface area (Å²) in [6.07, 6.45) is 3.04. The van der Waals surface area contributed by atoms with Crippen LogP contribution < -0.4 is 0 Å². The molecule has 4 rings (SSSR count).